The molecule has 2 unspecified atom stereocenters. The van der Waals surface area contributed by atoms with Gasteiger partial charge in [-0.2, -0.15) is 0 Å². The highest BCUT2D eigenvalue weighted by Gasteiger charge is 2.42. The highest BCUT2D eigenvalue weighted by Crippen LogP contribution is 2.37. The normalized spacial score (nSPS) is 15.8. The zero-order valence-corrected chi connectivity index (χ0v) is 23.4. The quantitative estimate of drug-likeness (QED) is 0.239. The smallest absolute Gasteiger partial charge is 0.333 e. The number of rotatable bonds is 14. The predicted octanol–water partition coefficient (Wildman–Crippen LogP) is 1.80. The molecule has 214 valence electrons. The topological polar surface area (TPSA) is 151 Å². The summed E-state index contributed by atoms with van der Waals surface area (Å²) >= 11 is 0. The van der Waals surface area contributed by atoms with E-state index < -0.39 is 34.7 Å². The third kappa shape index (κ3) is 8.90. The molecule has 2 rings (SSSR count). The van der Waals surface area contributed by atoms with Crippen molar-refractivity contribution in [1.82, 2.24) is 21.0 Å². The molecule has 0 spiro atoms. The molecule has 0 radical (unpaired) electrons. The van der Waals surface area contributed by atoms with E-state index >= 15 is 0 Å². The summed E-state index contributed by atoms with van der Waals surface area (Å²) in [6, 6.07) is 8.63. The van der Waals surface area contributed by atoms with Crippen LogP contribution >= 0.6 is 0 Å². The summed E-state index contributed by atoms with van der Waals surface area (Å²) in [7, 11) is 1.52. The van der Waals surface area contributed by atoms with Crippen LogP contribution in [0.5, 0.6) is 0 Å². The second kappa shape index (κ2) is 13.9. The third-order valence-corrected chi connectivity index (χ3v) is 6.97. The van der Waals surface area contributed by atoms with Crippen molar-refractivity contribution < 1.29 is 33.6 Å². The third-order valence-electron chi connectivity index (χ3n) is 6.97. The summed E-state index contributed by atoms with van der Waals surface area (Å²) in [5.41, 5.74) is -0.951. The molecule has 1 heterocycles. The lowest BCUT2D eigenvalue weighted by atomic mass is 9.71. The van der Waals surface area contributed by atoms with E-state index in [-0.39, 0.29) is 56.4 Å². The van der Waals surface area contributed by atoms with Gasteiger partial charge in [-0.05, 0) is 24.8 Å². The van der Waals surface area contributed by atoms with Crippen LogP contribution < -0.4 is 16.0 Å². The monoisotopic (exact) mass is 544 g/mol. The van der Waals surface area contributed by atoms with Crippen molar-refractivity contribution in [2.75, 3.05) is 13.6 Å². The first kappa shape index (κ1) is 31.5. The molecule has 1 aromatic carbocycles. The molecule has 0 aromatic heterocycles. The van der Waals surface area contributed by atoms with Crippen LogP contribution in [0.2, 0.25) is 0 Å². The van der Waals surface area contributed by atoms with E-state index in [0.717, 1.165) is 5.56 Å². The van der Waals surface area contributed by atoms with Gasteiger partial charge in [0, 0.05) is 50.1 Å². The Labute approximate surface area is 229 Å². The standard InChI is InChI=1S/C28H40N4O7/c1-6-28(4,26(38)31-20(24(36)29-5)17-19-11-8-7-9-12-19)18-27(2,3)25(37)30-16-10-13-23(35)39-32-21(33)14-15-22(32)34/h7-9,11-12,20H,6,10,13-18H2,1-5H3,(H,29,36)(H,30,37)(H,31,38). The van der Waals surface area contributed by atoms with Crippen molar-refractivity contribution in [2.45, 2.75) is 78.7 Å². The van der Waals surface area contributed by atoms with Gasteiger partial charge in [-0.1, -0.05) is 58.0 Å². The summed E-state index contributed by atoms with van der Waals surface area (Å²) in [6.07, 6.45) is 1.20. The maximum Gasteiger partial charge on any atom is 0.333 e. The van der Waals surface area contributed by atoms with Gasteiger partial charge in [0.15, 0.2) is 0 Å². The van der Waals surface area contributed by atoms with Crippen LogP contribution in [0.15, 0.2) is 30.3 Å². The molecule has 11 nitrogen and oxygen atoms in total. The molecule has 11 heteroatoms. The van der Waals surface area contributed by atoms with E-state index in [1.54, 1.807) is 20.8 Å². The zero-order chi connectivity index (χ0) is 29.2. The Hall–Kier alpha value is -3.76. The molecule has 1 aromatic rings. The fraction of sp³-hybridized carbons (Fsp3) is 0.571. The van der Waals surface area contributed by atoms with Crippen LogP contribution in [0, 0.1) is 10.8 Å². The second-order valence-electron chi connectivity index (χ2n) is 10.7. The van der Waals surface area contributed by atoms with Gasteiger partial charge in [-0.25, -0.2) is 4.79 Å². The van der Waals surface area contributed by atoms with Gasteiger partial charge < -0.3 is 20.8 Å². The minimum Gasteiger partial charge on any atom is -0.357 e. The van der Waals surface area contributed by atoms with Gasteiger partial charge in [0.05, 0.1) is 0 Å². The Kier molecular flexibility index (Phi) is 11.2. The Morgan fingerprint density at radius 2 is 1.62 bits per heavy atom. The fourth-order valence-electron chi connectivity index (χ4n) is 4.47. The molecule has 1 fully saturated rings. The summed E-state index contributed by atoms with van der Waals surface area (Å²) in [4.78, 5) is 78.8. The maximum absolute atomic E-state index is 13.4. The lowest BCUT2D eigenvalue weighted by Gasteiger charge is -2.36. The van der Waals surface area contributed by atoms with E-state index in [9.17, 15) is 28.8 Å². The summed E-state index contributed by atoms with van der Waals surface area (Å²) in [6.45, 7) is 7.29. The number of nitrogens with zero attached hydrogens (tertiary/aromatic N) is 1. The van der Waals surface area contributed by atoms with Gasteiger partial charge in [0.1, 0.15) is 6.04 Å². The molecule has 39 heavy (non-hydrogen) atoms. The molecule has 2 atom stereocenters. The predicted molar refractivity (Wildman–Crippen MR) is 142 cm³/mol. The van der Waals surface area contributed by atoms with Crippen LogP contribution in [0.3, 0.4) is 0 Å². The maximum atomic E-state index is 13.4. The molecule has 0 bridgehead atoms. The molecule has 3 N–H and O–H groups in total. The lowest BCUT2D eigenvalue weighted by Crippen LogP contribution is -2.53. The Balaban J connectivity index is 1.91. The molecule has 1 aliphatic heterocycles. The number of likely N-dealkylation sites (N-methyl/N-ethyl adjacent to an activating group) is 1. The number of hydrogen-bond acceptors (Lipinski definition) is 7. The summed E-state index contributed by atoms with van der Waals surface area (Å²) < 4.78 is 0. The van der Waals surface area contributed by atoms with Crippen molar-refractivity contribution in [3.05, 3.63) is 35.9 Å². The molecular formula is C28H40N4O7. The largest absolute Gasteiger partial charge is 0.357 e. The van der Waals surface area contributed by atoms with E-state index in [1.807, 2.05) is 37.3 Å². The SMILES string of the molecule is CCC(C)(CC(C)(C)C(=O)NCCCC(=O)ON1C(=O)CCC1=O)C(=O)NC(Cc1ccccc1)C(=O)NC. The molecule has 0 aliphatic carbocycles. The van der Waals surface area contributed by atoms with E-state index in [2.05, 4.69) is 16.0 Å². The molecule has 1 saturated heterocycles. The van der Waals surface area contributed by atoms with Crippen molar-refractivity contribution in [3.8, 4) is 0 Å². The van der Waals surface area contributed by atoms with Crippen molar-refractivity contribution in [3.63, 3.8) is 0 Å². The lowest BCUT2D eigenvalue weighted by molar-refractivity contribution is -0.197. The minimum atomic E-state index is -0.932. The fourth-order valence-corrected chi connectivity index (χ4v) is 4.47. The van der Waals surface area contributed by atoms with E-state index in [0.29, 0.717) is 17.9 Å². The number of benzene rings is 1. The van der Waals surface area contributed by atoms with E-state index in [4.69, 9.17) is 4.84 Å². The number of imide groups is 1. The van der Waals surface area contributed by atoms with Gasteiger partial charge >= 0.3 is 5.97 Å². The number of hydrogen-bond donors (Lipinski definition) is 3. The van der Waals surface area contributed by atoms with Crippen LogP contribution in [0.25, 0.3) is 0 Å². The number of amides is 5. The van der Waals surface area contributed by atoms with Crippen LogP contribution in [0.1, 0.15) is 71.8 Å². The number of nitrogens with one attached hydrogen (secondary N) is 3. The van der Waals surface area contributed by atoms with Crippen molar-refractivity contribution in [2.24, 2.45) is 10.8 Å². The highest BCUT2D eigenvalue weighted by molar-refractivity contribution is 6.01. The Bertz CT molecular complexity index is 1060. The number of carbonyl (C=O) groups excluding carboxylic acids is 6. The molecule has 0 saturated carbocycles. The number of carbonyl (C=O) groups is 6. The minimum absolute atomic E-state index is 0.0193. The van der Waals surface area contributed by atoms with Crippen LogP contribution in [-0.4, -0.2) is 60.2 Å². The zero-order valence-electron chi connectivity index (χ0n) is 23.4. The average molecular weight is 545 g/mol. The summed E-state index contributed by atoms with van der Waals surface area (Å²) in [5, 5.41) is 8.77. The Morgan fingerprint density at radius 3 is 2.18 bits per heavy atom. The number of hydroxylamine groups is 2. The highest BCUT2D eigenvalue weighted by atomic mass is 16.7. The first-order valence-corrected chi connectivity index (χ1v) is 13.2. The van der Waals surface area contributed by atoms with Gasteiger partial charge in [-0.15, -0.1) is 5.06 Å². The second-order valence-corrected chi connectivity index (χ2v) is 10.7. The van der Waals surface area contributed by atoms with Crippen molar-refractivity contribution in [1.29, 1.82) is 0 Å². The Morgan fingerprint density at radius 1 is 1.00 bits per heavy atom. The average Bonchev–Trinajstić information content (AvgIpc) is 3.22. The first-order valence-electron chi connectivity index (χ1n) is 13.2. The van der Waals surface area contributed by atoms with Crippen LogP contribution in [-0.2, 0) is 40.0 Å². The van der Waals surface area contributed by atoms with Crippen LogP contribution in [0.4, 0.5) is 0 Å². The molecule has 5 amide bonds. The van der Waals surface area contributed by atoms with E-state index in [1.165, 1.54) is 7.05 Å². The van der Waals surface area contributed by atoms with Crippen molar-refractivity contribution >= 4 is 35.5 Å². The van der Waals surface area contributed by atoms with Gasteiger partial charge in [0.25, 0.3) is 11.8 Å². The molecule has 1 aliphatic rings. The van der Waals surface area contributed by atoms with Gasteiger partial charge in [-0.3, -0.25) is 24.0 Å². The summed E-state index contributed by atoms with van der Waals surface area (Å²) in [5.74, 6) is -2.74. The molecular weight excluding hydrogens is 504 g/mol. The first-order chi connectivity index (χ1) is 18.3. The van der Waals surface area contributed by atoms with Gasteiger partial charge in [0.2, 0.25) is 17.7 Å².